The number of hydrogen-bond donors (Lipinski definition) is 1. The molecule has 152 valence electrons. The molecule has 0 spiro atoms. The molecule has 2 aromatic carbocycles. The highest BCUT2D eigenvalue weighted by Crippen LogP contribution is 2.24. The Bertz CT molecular complexity index is 1090. The van der Waals surface area contributed by atoms with Gasteiger partial charge < -0.3 is 5.32 Å². The zero-order valence-electron chi connectivity index (χ0n) is 16.9. The van der Waals surface area contributed by atoms with Gasteiger partial charge >= 0.3 is 0 Å². The van der Waals surface area contributed by atoms with E-state index in [4.69, 9.17) is 0 Å². The number of halogens is 1. The number of carbonyl (C=O) groups is 1. The molecule has 1 amide bonds. The first-order valence-electron chi connectivity index (χ1n) is 9.37. The Kier molecular flexibility index (Phi) is 6.07. The van der Waals surface area contributed by atoms with E-state index >= 15 is 0 Å². The number of rotatable bonds is 5. The number of aromatic nitrogens is 2. The number of para-hydroxylation sites is 1. The van der Waals surface area contributed by atoms with Gasteiger partial charge in [-0.1, -0.05) is 36.0 Å². The monoisotopic (exact) mass is 413 g/mol. The second-order valence-corrected chi connectivity index (χ2v) is 9.24. The van der Waals surface area contributed by atoms with E-state index < -0.39 is 5.25 Å². The molecular formula is C22H24FN3O2S. The summed E-state index contributed by atoms with van der Waals surface area (Å²) in [7, 11) is 0. The van der Waals surface area contributed by atoms with Gasteiger partial charge in [-0.05, 0) is 57.5 Å². The van der Waals surface area contributed by atoms with Crippen LogP contribution in [0.5, 0.6) is 0 Å². The van der Waals surface area contributed by atoms with Crippen molar-refractivity contribution in [3.8, 4) is 0 Å². The lowest BCUT2D eigenvalue weighted by Crippen LogP contribution is -2.44. The van der Waals surface area contributed by atoms with Crippen LogP contribution in [0, 0.1) is 5.82 Å². The molecule has 5 nitrogen and oxygen atoms in total. The fourth-order valence-corrected chi connectivity index (χ4v) is 3.74. The van der Waals surface area contributed by atoms with Gasteiger partial charge in [-0.25, -0.2) is 9.37 Å². The third-order valence-corrected chi connectivity index (χ3v) is 5.32. The number of fused-ring (bicyclic) bond motifs is 1. The minimum absolute atomic E-state index is 0.127. The third kappa shape index (κ3) is 5.23. The minimum Gasteiger partial charge on any atom is -0.351 e. The van der Waals surface area contributed by atoms with Gasteiger partial charge in [-0.2, -0.15) is 0 Å². The second kappa shape index (κ2) is 8.37. The van der Waals surface area contributed by atoms with Crippen molar-refractivity contribution < 1.29 is 9.18 Å². The molecule has 7 heteroatoms. The number of nitrogens with one attached hydrogen (secondary N) is 1. The van der Waals surface area contributed by atoms with Crippen molar-refractivity contribution in [2.75, 3.05) is 0 Å². The lowest BCUT2D eigenvalue weighted by molar-refractivity contribution is -0.121. The van der Waals surface area contributed by atoms with E-state index in [2.05, 4.69) is 10.3 Å². The van der Waals surface area contributed by atoms with Gasteiger partial charge in [0.25, 0.3) is 5.56 Å². The summed E-state index contributed by atoms with van der Waals surface area (Å²) >= 11 is 1.24. The predicted octanol–water partition coefficient (Wildman–Crippen LogP) is 3.98. The van der Waals surface area contributed by atoms with Gasteiger partial charge in [0.1, 0.15) is 5.82 Å². The molecule has 0 bridgehead atoms. The molecule has 29 heavy (non-hydrogen) atoms. The normalized spacial score (nSPS) is 12.7. The highest BCUT2D eigenvalue weighted by molar-refractivity contribution is 8.00. The Morgan fingerprint density at radius 2 is 1.83 bits per heavy atom. The Morgan fingerprint density at radius 1 is 1.17 bits per heavy atom. The highest BCUT2D eigenvalue weighted by Gasteiger charge is 2.23. The fourth-order valence-electron chi connectivity index (χ4n) is 2.83. The second-order valence-electron chi connectivity index (χ2n) is 7.93. The molecule has 1 atom stereocenters. The zero-order valence-corrected chi connectivity index (χ0v) is 17.7. The van der Waals surface area contributed by atoms with Gasteiger partial charge in [0.05, 0.1) is 22.7 Å². The van der Waals surface area contributed by atoms with Crippen LogP contribution in [-0.4, -0.2) is 26.2 Å². The molecule has 1 aromatic heterocycles. The summed E-state index contributed by atoms with van der Waals surface area (Å²) in [6, 6.07) is 13.1. The predicted molar refractivity (Wildman–Crippen MR) is 115 cm³/mol. The maximum Gasteiger partial charge on any atom is 0.262 e. The Balaban J connectivity index is 2.01. The van der Waals surface area contributed by atoms with E-state index in [0.717, 1.165) is 5.56 Å². The largest absolute Gasteiger partial charge is 0.351 e. The molecule has 0 unspecified atom stereocenters. The maximum atomic E-state index is 13.3. The first-order chi connectivity index (χ1) is 13.6. The number of amides is 1. The fraction of sp³-hybridized carbons (Fsp3) is 0.318. The van der Waals surface area contributed by atoms with Gasteiger partial charge in [-0.15, -0.1) is 0 Å². The van der Waals surface area contributed by atoms with E-state index in [1.807, 2.05) is 26.8 Å². The molecule has 0 saturated heterocycles. The summed E-state index contributed by atoms with van der Waals surface area (Å²) in [4.78, 5) is 30.3. The van der Waals surface area contributed by atoms with Crippen molar-refractivity contribution >= 4 is 28.6 Å². The van der Waals surface area contributed by atoms with Crippen LogP contribution in [0.15, 0.2) is 58.5 Å². The molecule has 0 aliphatic heterocycles. The van der Waals surface area contributed by atoms with Crippen molar-refractivity contribution in [3.05, 3.63) is 70.3 Å². The smallest absolute Gasteiger partial charge is 0.262 e. The average molecular weight is 414 g/mol. The molecule has 1 N–H and O–H groups in total. The molecule has 0 fully saturated rings. The van der Waals surface area contributed by atoms with Crippen molar-refractivity contribution in [2.45, 2.75) is 50.2 Å². The molecule has 0 radical (unpaired) electrons. The number of hydrogen-bond acceptors (Lipinski definition) is 4. The van der Waals surface area contributed by atoms with E-state index in [0.29, 0.717) is 16.1 Å². The van der Waals surface area contributed by atoms with Crippen LogP contribution in [0.3, 0.4) is 0 Å². The Labute approximate surface area is 173 Å². The van der Waals surface area contributed by atoms with Crippen molar-refractivity contribution in [1.82, 2.24) is 14.9 Å². The van der Waals surface area contributed by atoms with E-state index in [-0.39, 0.29) is 29.4 Å². The molecule has 1 heterocycles. The van der Waals surface area contributed by atoms with Crippen molar-refractivity contribution in [1.29, 1.82) is 0 Å². The van der Waals surface area contributed by atoms with Crippen LogP contribution < -0.4 is 10.9 Å². The Morgan fingerprint density at radius 3 is 2.48 bits per heavy atom. The lowest BCUT2D eigenvalue weighted by Gasteiger charge is -2.23. The topological polar surface area (TPSA) is 64.0 Å². The number of thioether (sulfide) groups is 1. The van der Waals surface area contributed by atoms with E-state index in [9.17, 15) is 14.0 Å². The summed E-state index contributed by atoms with van der Waals surface area (Å²) in [6.45, 7) is 7.78. The van der Waals surface area contributed by atoms with E-state index in [1.165, 1.54) is 23.9 Å². The summed E-state index contributed by atoms with van der Waals surface area (Å²) in [5.41, 5.74) is 0.820. The van der Waals surface area contributed by atoms with Gasteiger partial charge in [0.15, 0.2) is 5.16 Å². The average Bonchev–Trinajstić information content (AvgIpc) is 2.65. The standard InChI is InChI=1S/C22H24FN3O2S/c1-14(19(27)25-22(2,3)4)29-21-24-18-8-6-5-7-17(18)20(28)26(21)13-15-9-11-16(23)12-10-15/h5-12,14H,13H2,1-4H3,(H,25,27)/t14-/m0/s1. The van der Waals surface area contributed by atoms with Gasteiger partial charge in [-0.3, -0.25) is 14.2 Å². The number of nitrogens with zero attached hydrogens (tertiary/aromatic N) is 2. The molecule has 3 rings (SSSR count). The van der Waals surface area contributed by atoms with Crippen molar-refractivity contribution in [3.63, 3.8) is 0 Å². The minimum atomic E-state index is -0.443. The van der Waals surface area contributed by atoms with E-state index in [1.54, 1.807) is 41.8 Å². The van der Waals surface area contributed by atoms with Crippen molar-refractivity contribution in [2.24, 2.45) is 0 Å². The summed E-state index contributed by atoms with van der Waals surface area (Å²) in [5.74, 6) is -0.460. The SMILES string of the molecule is C[C@H](Sc1nc2ccccc2c(=O)n1Cc1ccc(F)cc1)C(=O)NC(C)(C)C. The van der Waals surface area contributed by atoms with Crippen LogP contribution in [0.4, 0.5) is 4.39 Å². The molecular weight excluding hydrogens is 389 g/mol. The third-order valence-electron chi connectivity index (χ3n) is 4.23. The van der Waals surface area contributed by atoms with Crippen LogP contribution in [0.2, 0.25) is 0 Å². The first-order valence-corrected chi connectivity index (χ1v) is 10.2. The lowest BCUT2D eigenvalue weighted by atomic mass is 10.1. The number of benzene rings is 2. The number of carbonyl (C=O) groups excluding carboxylic acids is 1. The highest BCUT2D eigenvalue weighted by atomic mass is 32.2. The van der Waals surface area contributed by atoms with Gasteiger partial charge in [0.2, 0.25) is 5.91 Å². The van der Waals surface area contributed by atoms with Crippen LogP contribution in [-0.2, 0) is 11.3 Å². The molecule has 0 aliphatic rings. The van der Waals surface area contributed by atoms with Gasteiger partial charge in [0, 0.05) is 5.54 Å². The van der Waals surface area contributed by atoms with Crippen LogP contribution in [0.1, 0.15) is 33.3 Å². The Hall–Kier alpha value is -2.67. The summed E-state index contributed by atoms with van der Waals surface area (Å²) in [6.07, 6.45) is 0. The quantitative estimate of drug-likeness (QED) is 0.508. The first kappa shape index (κ1) is 21.0. The molecule has 0 aliphatic carbocycles. The summed E-state index contributed by atoms with van der Waals surface area (Å²) < 4.78 is 14.8. The molecule has 0 saturated carbocycles. The summed E-state index contributed by atoms with van der Waals surface area (Å²) in [5, 5.41) is 3.47. The van der Waals surface area contributed by atoms with Crippen LogP contribution >= 0.6 is 11.8 Å². The molecule has 3 aromatic rings. The van der Waals surface area contributed by atoms with Crippen LogP contribution in [0.25, 0.3) is 10.9 Å². The zero-order chi connectivity index (χ0) is 21.2. The maximum absolute atomic E-state index is 13.3.